The molecule has 1 aliphatic heterocycles. The molecule has 5 rings (SSSR count). The Balaban J connectivity index is 0.000000485. The molecule has 2 fully saturated rings. The third kappa shape index (κ3) is 15.4. The highest BCUT2D eigenvalue weighted by Crippen LogP contribution is 2.35. The molecule has 2 aliphatic rings. The lowest BCUT2D eigenvalue weighted by molar-refractivity contribution is -0.193. The summed E-state index contributed by atoms with van der Waals surface area (Å²) in [4.78, 5) is 69.5. The van der Waals surface area contributed by atoms with Gasteiger partial charge in [-0.3, -0.25) is 19.1 Å². The van der Waals surface area contributed by atoms with Gasteiger partial charge < -0.3 is 30.4 Å². The number of carboxylic acids is 3. The molecule has 4 N–H and O–H groups in total. The first-order chi connectivity index (χ1) is 27.7. The maximum atomic E-state index is 14.2. The molecule has 0 radical (unpaired) electrons. The molecule has 60 heavy (non-hydrogen) atoms. The normalized spacial score (nSPS) is 17.6. The van der Waals surface area contributed by atoms with Gasteiger partial charge in [-0.2, -0.15) is 44.5 Å². The van der Waals surface area contributed by atoms with Crippen LogP contribution in [0.15, 0.2) is 29.2 Å². The van der Waals surface area contributed by atoms with E-state index in [1.807, 2.05) is 24.9 Å². The molecule has 0 spiro atoms. The van der Waals surface area contributed by atoms with Crippen molar-refractivity contribution in [2.24, 2.45) is 5.92 Å². The second-order valence-corrected chi connectivity index (χ2v) is 14.0. The number of aliphatic carboxylic acids is 3. The van der Waals surface area contributed by atoms with Crippen molar-refractivity contribution in [1.82, 2.24) is 29.2 Å². The number of hydrogen-bond donors (Lipinski definition) is 4. The molecule has 0 bridgehead atoms. The molecular weight excluding hydrogens is 829 g/mol. The quantitative estimate of drug-likeness (QED) is 0.124. The number of aromatic nitrogens is 3. The highest BCUT2D eigenvalue weighted by Gasteiger charge is 2.39. The zero-order valence-electron chi connectivity index (χ0n) is 32.9. The second kappa shape index (κ2) is 21.8. The van der Waals surface area contributed by atoms with Crippen molar-refractivity contribution in [3.8, 4) is 0 Å². The first-order valence-electron chi connectivity index (χ1n) is 18.3. The number of carbonyl (C=O) groups excluding carboxylic acids is 1. The molecule has 336 valence electrons. The number of anilines is 1. The molecule has 3 heterocycles. The van der Waals surface area contributed by atoms with Crippen molar-refractivity contribution >= 4 is 51.6 Å². The van der Waals surface area contributed by atoms with Crippen LogP contribution >= 0.6 is 0 Å². The zero-order chi connectivity index (χ0) is 45.7. The lowest BCUT2D eigenvalue weighted by atomic mass is 9.85. The number of fused-ring (bicyclic) bond motifs is 3. The van der Waals surface area contributed by atoms with Gasteiger partial charge >= 0.3 is 36.4 Å². The summed E-state index contributed by atoms with van der Waals surface area (Å²) in [5.74, 6) is -7.50. The molecule has 2 aromatic heterocycles. The highest BCUT2D eigenvalue weighted by atomic mass is 19.4. The molecule has 1 saturated heterocycles. The Hall–Kier alpha value is -5.26. The number of amides is 1. The predicted octanol–water partition coefficient (Wildman–Crippen LogP) is 5.62. The molecular formula is C36H46F9N7O8. The van der Waals surface area contributed by atoms with Crippen LogP contribution in [0.5, 0.6) is 0 Å². The van der Waals surface area contributed by atoms with Gasteiger partial charge in [0.2, 0.25) is 11.9 Å². The number of carbonyl (C=O) groups is 4. The van der Waals surface area contributed by atoms with Gasteiger partial charge in [-0.25, -0.2) is 19.4 Å². The number of pyridine rings is 1. The van der Waals surface area contributed by atoms with E-state index >= 15 is 0 Å². The monoisotopic (exact) mass is 875 g/mol. The summed E-state index contributed by atoms with van der Waals surface area (Å²) in [5.41, 5.74) is 1.86. The van der Waals surface area contributed by atoms with E-state index in [1.54, 1.807) is 4.90 Å². The minimum Gasteiger partial charge on any atom is -0.475 e. The minimum absolute atomic E-state index is 0.00953. The number of rotatable bonds is 8. The maximum Gasteiger partial charge on any atom is 0.490 e. The molecule has 1 aromatic carbocycles. The van der Waals surface area contributed by atoms with Crippen LogP contribution in [0.1, 0.15) is 57.1 Å². The maximum absolute atomic E-state index is 14.2. The second-order valence-electron chi connectivity index (χ2n) is 14.0. The first kappa shape index (κ1) is 50.9. The van der Waals surface area contributed by atoms with E-state index in [0.29, 0.717) is 11.6 Å². The Bertz CT molecular complexity index is 1930. The van der Waals surface area contributed by atoms with Crippen molar-refractivity contribution in [2.45, 2.75) is 76.6 Å². The van der Waals surface area contributed by atoms with Gasteiger partial charge in [-0.05, 0) is 56.2 Å². The molecule has 3 aromatic rings. The number of hydrogen-bond acceptors (Lipinski definition) is 10. The summed E-state index contributed by atoms with van der Waals surface area (Å²) < 4.78 is 97.1. The molecule has 1 aliphatic carbocycles. The Morgan fingerprint density at radius 2 is 1.30 bits per heavy atom. The van der Waals surface area contributed by atoms with Gasteiger partial charge in [-0.1, -0.05) is 25.5 Å². The van der Waals surface area contributed by atoms with E-state index in [0.717, 1.165) is 99.5 Å². The fourth-order valence-electron chi connectivity index (χ4n) is 6.09. The van der Waals surface area contributed by atoms with Crippen molar-refractivity contribution in [2.75, 3.05) is 59.2 Å². The van der Waals surface area contributed by atoms with E-state index in [1.165, 1.54) is 0 Å². The van der Waals surface area contributed by atoms with Crippen LogP contribution in [-0.4, -0.2) is 141 Å². The Labute approximate surface area is 336 Å². The number of piperazine rings is 1. The van der Waals surface area contributed by atoms with Crippen LogP contribution in [0.25, 0.3) is 21.8 Å². The van der Waals surface area contributed by atoms with Crippen LogP contribution in [0, 0.1) is 5.92 Å². The van der Waals surface area contributed by atoms with E-state index in [2.05, 4.69) is 52.3 Å². The fraction of sp³-hybridized carbons (Fsp3) is 0.583. The van der Waals surface area contributed by atoms with E-state index in [9.17, 15) is 49.1 Å². The third-order valence-corrected chi connectivity index (χ3v) is 9.22. The molecule has 24 heteroatoms. The summed E-state index contributed by atoms with van der Waals surface area (Å²) in [6, 6.07) is 6.32. The van der Waals surface area contributed by atoms with Crippen LogP contribution in [0.2, 0.25) is 0 Å². The first-order valence-corrected chi connectivity index (χ1v) is 18.3. The summed E-state index contributed by atoms with van der Waals surface area (Å²) in [5, 5.41) is 27.3. The molecule has 1 saturated carbocycles. The number of likely N-dealkylation sites (N-methyl/N-ethyl adjacent to an activating group) is 1. The number of alkyl halides is 9. The van der Waals surface area contributed by atoms with Gasteiger partial charge in [0, 0.05) is 82.3 Å². The lowest BCUT2D eigenvalue weighted by Gasteiger charge is -2.32. The summed E-state index contributed by atoms with van der Waals surface area (Å²) >= 11 is 0. The number of carboxylic acid groups (broad SMARTS) is 3. The molecule has 0 unspecified atom stereocenters. The van der Waals surface area contributed by atoms with E-state index < -0.39 is 36.4 Å². The predicted molar refractivity (Wildman–Crippen MR) is 198 cm³/mol. The average Bonchev–Trinajstić information content (AvgIpc) is 3.15. The lowest BCUT2D eigenvalue weighted by Crippen LogP contribution is -2.43. The number of benzene rings is 1. The van der Waals surface area contributed by atoms with Crippen LogP contribution < -0.4 is 10.9 Å². The van der Waals surface area contributed by atoms with Gasteiger partial charge in [0.15, 0.2) is 0 Å². The largest absolute Gasteiger partial charge is 0.490 e. The van der Waals surface area contributed by atoms with E-state index in [4.69, 9.17) is 34.7 Å². The third-order valence-electron chi connectivity index (χ3n) is 9.22. The number of halogens is 9. The van der Waals surface area contributed by atoms with Crippen molar-refractivity contribution < 1.29 is 74.0 Å². The minimum atomic E-state index is -5.08. The van der Waals surface area contributed by atoms with Crippen molar-refractivity contribution in [1.29, 1.82) is 0 Å². The number of unbranched alkanes of at least 4 members (excludes halogenated alkanes) is 1. The molecule has 0 atom stereocenters. The van der Waals surface area contributed by atoms with Gasteiger partial charge in [0.25, 0.3) is 5.56 Å². The molecule has 15 nitrogen and oxygen atoms in total. The fourth-order valence-corrected chi connectivity index (χ4v) is 6.09. The summed E-state index contributed by atoms with van der Waals surface area (Å²) in [6.45, 7) is 8.00. The van der Waals surface area contributed by atoms with Gasteiger partial charge in [0.05, 0.1) is 0 Å². The number of nitrogens with one attached hydrogen (secondary N) is 1. The van der Waals surface area contributed by atoms with Crippen LogP contribution in [-0.2, 0) is 25.7 Å². The highest BCUT2D eigenvalue weighted by molar-refractivity contribution is 6.04. The average molecular weight is 876 g/mol. The van der Waals surface area contributed by atoms with Crippen molar-refractivity contribution in [3.63, 3.8) is 0 Å². The Morgan fingerprint density at radius 3 is 1.75 bits per heavy atom. The smallest absolute Gasteiger partial charge is 0.475 e. The van der Waals surface area contributed by atoms with Crippen molar-refractivity contribution in [3.05, 3.63) is 40.3 Å². The number of nitrogens with zero attached hydrogens (tertiary/aromatic N) is 6. The van der Waals surface area contributed by atoms with E-state index in [-0.39, 0.29) is 23.4 Å². The zero-order valence-corrected chi connectivity index (χ0v) is 32.9. The summed E-state index contributed by atoms with van der Waals surface area (Å²) in [7, 11) is 5.80. The summed E-state index contributed by atoms with van der Waals surface area (Å²) in [6.07, 6.45) is -8.13. The SMILES string of the molecule is CCCCNc1ncc2c3ccc(CN4CCN(C)CC4)cc3c(=O)n([C@H]3CC[C@H](C(=O)N(C)C)CC3)c2n1.O=C(O)C(F)(F)F.O=C(O)C(F)(F)F.O=C(O)C(F)(F)F. The van der Waals surface area contributed by atoms with Gasteiger partial charge in [-0.15, -0.1) is 0 Å². The molecule has 1 amide bonds. The Kier molecular flexibility index (Phi) is 18.5. The van der Waals surface area contributed by atoms with Crippen LogP contribution in [0.4, 0.5) is 45.5 Å². The Morgan fingerprint density at radius 1 is 0.800 bits per heavy atom. The van der Waals surface area contributed by atoms with Gasteiger partial charge in [0.1, 0.15) is 5.65 Å². The standard InChI is InChI=1S/C30H43N7O2.3C2HF3O2/c1-5-6-13-31-30-32-19-26-24-12-7-21(20-36-16-14-35(4)15-17-36)18-25(24)29(39)37(27(26)33-30)23-10-8-22(9-11-23)28(38)34(2)3;3*3-2(4,5)1(6)7/h7,12,18-19,22-23H,5-6,8-11,13-17,20H2,1-4H3,(H,31,32,33);3*(H,6,7)/t22-,23-;;;. The van der Waals surface area contributed by atoms with Crippen LogP contribution in [0.3, 0.4) is 0 Å². The topological polar surface area (TPSA) is 198 Å².